The van der Waals surface area contributed by atoms with Crippen LogP contribution >= 0.6 is 0 Å². The number of carbonyl (C=O) groups is 1. The van der Waals surface area contributed by atoms with Crippen molar-refractivity contribution in [3.05, 3.63) is 0 Å². The first-order valence-electron chi connectivity index (χ1n) is 3.83. The number of rotatable bonds is 0. The molecule has 1 saturated heterocycles. The van der Waals surface area contributed by atoms with Crippen LogP contribution in [0.3, 0.4) is 0 Å². The summed E-state index contributed by atoms with van der Waals surface area (Å²) in [5.41, 5.74) is 5.12. The SMILES string of the molecule is CC1(N)CCCCN1C(=O)O. The largest absolute Gasteiger partial charge is 0.465 e. The molecule has 4 heteroatoms. The van der Waals surface area contributed by atoms with Gasteiger partial charge in [-0.2, -0.15) is 0 Å². The lowest BCUT2D eigenvalue weighted by Crippen LogP contribution is -2.58. The second kappa shape index (κ2) is 2.70. The van der Waals surface area contributed by atoms with E-state index in [2.05, 4.69) is 0 Å². The van der Waals surface area contributed by atoms with Gasteiger partial charge in [0.05, 0.1) is 5.66 Å². The minimum Gasteiger partial charge on any atom is -0.465 e. The quantitative estimate of drug-likeness (QED) is 0.548. The van der Waals surface area contributed by atoms with Crippen molar-refractivity contribution in [1.29, 1.82) is 0 Å². The van der Waals surface area contributed by atoms with E-state index < -0.39 is 11.8 Å². The molecule has 0 bridgehead atoms. The molecule has 1 aliphatic heterocycles. The molecule has 3 N–H and O–H groups in total. The standard InChI is InChI=1S/C7H14N2O2/c1-7(8)4-2-3-5-9(7)6(10)11/h2-5,8H2,1H3,(H,10,11). The van der Waals surface area contributed by atoms with Crippen LogP contribution in [0.2, 0.25) is 0 Å². The van der Waals surface area contributed by atoms with Crippen LogP contribution in [0, 0.1) is 0 Å². The third kappa shape index (κ3) is 1.63. The van der Waals surface area contributed by atoms with Gasteiger partial charge in [-0.15, -0.1) is 0 Å². The Labute approximate surface area is 66.0 Å². The van der Waals surface area contributed by atoms with E-state index in [0.717, 1.165) is 19.3 Å². The van der Waals surface area contributed by atoms with Crippen molar-refractivity contribution in [1.82, 2.24) is 4.90 Å². The van der Waals surface area contributed by atoms with Gasteiger partial charge in [0.1, 0.15) is 0 Å². The van der Waals surface area contributed by atoms with Gasteiger partial charge in [0.15, 0.2) is 0 Å². The summed E-state index contributed by atoms with van der Waals surface area (Å²) in [6, 6.07) is 0. The molecule has 0 radical (unpaired) electrons. The number of nitrogens with two attached hydrogens (primary N) is 1. The number of likely N-dealkylation sites (tertiary alicyclic amines) is 1. The van der Waals surface area contributed by atoms with Crippen LogP contribution in [0.15, 0.2) is 0 Å². The minimum absolute atomic E-state index is 0.572. The number of hydrogen-bond donors (Lipinski definition) is 2. The summed E-state index contributed by atoms with van der Waals surface area (Å²) >= 11 is 0. The number of carboxylic acid groups (broad SMARTS) is 1. The summed E-state index contributed by atoms with van der Waals surface area (Å²) in [6.45, 7) is 2.34. The summed E-state index contributed by atoms with van der Waals surface area (Å²) in [6.07, 6.45) is 1.81. The molecule has 0 aliphatic carbocycles. The highest BCUT2D eigenvalue weighted by Gasteiger charge is 2.33. The molecule has 1 heterocycles. The molecule has 4 nitrogen and oxygen atoms in total. The van der Waals surface area contributed by atoms with E-state index in [1.54, 1.807) is 6.92 Å². The van der Waals surface area contributed by atoms with E-state index in [1.807, 2.05) is 0 Å². The molecule has 0 aromatic rings. The van der Waals surface area contributed by atoms with E-state index in [4.69, 9.17) is 10.8 Å². The Bertz CT molecular complexity index is 168. The lowest BCUT2D eigenvalue weighted by atomic mass is 9.98. The van der Waals surface area contributed by atoms with Gasteiger partial charge in [-0.25, -0.2) is 4.79 Å². The van der Waals surface area contributed by atoms with Crippen LogP contribution in [0.4, 0.5) is 4.79 Å². The molecule has 1 aliphatic rings. The average molecular weight is 158 g/mol. The van der Waals surface area contributed by atoms with E-state index in [9.17, 15) is 4.79 Å². The van der Waals surface area contributed by atoms with Gasteiger partial charge in [-0.1, -0.05) is 0 Å². The molecule has 1 unspecified atom stereocenters. The second-order valence-corrected chi connectivity index (χ2v) is 3.25. The molecule has 0 aromatic carbocycles. The maximum absolute atomic E-state index is 10.6. The second-order valence-electron chi connectivity index (χ2n) is 3.25. The molecule has 0 aromatic heterocycles. The van der Waals surface area contributed by atoms with Crippen molar-refractivity contribution in [2.24, 2.45) is 5.73 Å². The molecule has 0 saturated carbocycles. The van der Waals surface area contributed by atoms with Crippen LogP contribution < -0.4 is 5.73 Å². The lowest BCUT2D eigenvalue weighted by Gasteiger charge is -2.39. The summed E-state index contributed by atoms with van der Waals surface area (Å²) < 4.78 is 0. The highest BCUT2D eigenvalue weighted by molar-refractivity contribution is 5.66. The van der Waals surface area contributed by atoms with Gasteiger partial charge in [0, 0.05) is 6.54 Å². The zero-order valence-electron chi connectivity index (χ0n) is 6.71. The fourth-order valence-corrected chi connectivity index (χ4v) is 1.46. The summed E-state index contributed by atoms with van der Waals surface area (Å²) in [5.74, 6) is 0. The third-order valence-electron chi connectivity index (χ3n) is 2.16. The Kier molecular flexibility index (Phi) is 2.04. The molecule has 64 valence electrons. The Balaban J connectivity index is 2.67. The maximum atomic E-state index is 10.6. The zero-order valence-corrected chi connectivity index (χ0v) is 6.71. The lowest BCUT2D eigenvalue weighted by molar-refractivity contribution is 0.0614. The monoisotopic (exact) mass is 158 g/mol. The van der Waals surface area contributed by atoms with Crippen molar-refractivity contribution >= 4 is 6.09 Å². The smallest absolute Gasteiger partial charge is 0.408 e. The van der Waals surface area contributed by atoms with Crippen molar-refractivity contribution in [2.75, 3.05) is 6.54 Å². The van der Waals surface area contributed by atoms with E-state index in [-0.39, 0.29) is 0 Å². The highest BCUT2D eigenvalue weighted by Crippen LogP contribution is 2.22. The molecule has 11 heavy (non-hydrogen) atoms. The first-order chi connectivity index (χ1) is 5.04. The van der Waals surface area contributed by atoms with E-state index >= 15 is 0 Å². The number of nitrogens with zero attached hydrogens (tertiary/aromatic N) is 1. The fourth-order valence-electron chi connectivity index (χ4n) is 1.46. The van der Waals surface area contributed by atoms with Gasteiger partial charge < -0.3 is 10.8 Å². The van der Waals surface area contributed by atoms with Crippen LogP contribution in [-0.4, -0.2) is 28.3 Å². The highest BCUT2D eigenvalue weighted by atomic mass is 16.4. The predicted molar refractivity (Wildman–Crippen MR) is 41.2 cm³/mol. The van der Waals surface area contributed by atoms with Crippen LogP contribution in [0.5, 0.6) is 0 Å². The Morgan fingerprint density at radius 2 is 2.27 bits per heavy atom. The van der Waals surface area contributed by atoms with Crippen molar-refractivity contribution < 1.29 is 9.90 Å². The topological polar surface area (TPSA) is 66.6 Å². The Morgan fingerprint density at radius 3 is 2.64 bits per heavy atom. The molecule has 1 atom stereocenters. The van der Waals surface area contributed by atoms with Crippen molar-refractivity contribution in [2.45, 2.75) is 31.8 Å². The van der Waals surface area contributed by atoms with E-state index in [1.165, 1.54) is 4.90 Å². The number of hydrogen-bond acceptors (Lipinski definition) is 2. The van der Waals surface area contributed by atoms with Gasteiger partial charge in [0.25, 0.3) is 0 Å². The van der Waals surface area contributed by atoms with Crippen LogP contribution in [0.25, 0.3) is 0 Å². The van der Waals surface area contributed by atoms with E-state index in [0.29, 0.717) is 6.54 Å². The first kappa shape index (κ1) is 8.33. The van der Waals surface area contributed by atoms with Gasteiger partial charge in [-0.3, -0.25) is 4.90 Å². The first-order valence-corrected chi connectivity index (χ1v) is 3.83. The van der Waals surface area contributed by atoms with Gasteiger partial charge >= 0.3 is 6.09 Å². The Hall–Kier alpha value is -0.770. The average Bonchev–Trinajstić information content (AvgIpc) is 1.85. The molecule has 1 amide bonds. The van der Waals surface area contributed by atoms with Gasteiger partial charge in [-0.05, 0) is 26.2 Å². The number of amides is 1. The van der Waals surface area contributed by atoms with Crippen LogP contribution in [0.1, 0.15) is 26.2 Å². The Morgan fingerprint density at radius 1 is 1.64 bits per heavy atom. The molecule has 1 rings (SSSR count). The maximum Gasteiger partial charge on any atom is 0.408 e. The van der Waals surface area contributed by atoms with Crippen molar-refractivity contribution in [3.8, 4) is 0 Å². The molecular formula is C7H14N2O2. The predicted octanol–water partition coefficient (Wildman–Crippen LogP) is 0.825. The summed E-state index contributed by atoms with van der Waals surface area (Å²) in [7, 11) is 0. The zero-order chi connectivity index (χ0) is 8.48. The molecular weight excluding hydrogens is 144 g/mol. The normalized spacial score (nSPS) is 32.0. The fraction of sp³-hybridized carbons (Fsp3) is 0.857. The van der Waals surface area contributed by atoms with Crippen molar-refractivity contribution in [3.63, 3.8) is 0 Å². The molecule has 0 spiro atoms. The third-order valence-corrected chi connectivity index (χ3v) is 2.16. The van der Waals surface area contributed by atoms with Gasteiger partial charge in [0.2, 0.25) is 0 Å². The number of piperidine rings is 1. The summed E-state index contributed by atoms with van der Waals surface area (Å²) in [4.78, 5) is 11.9. The van der Waals surface area contributed by atoms with Crippen LogP contribution in [-0.2, 0) is 0 Å². The summed E-state index contributed by atoms with van der Waals surface area (Å²) in [5, 5.41) is 8.72. The molecule has 1 fully saturated rings. The minimum atomic E-state index is -0.908.